The van der Waals surface area contributed by atoms with E-state index < -0.39 is 0 Å². The number of amides is 1. The van der Waals surface area contributed by atoms with Crippen molar-refractivity contribution in [3.63, 3.8) is 0 Å². The lowest BCUT2D eigenvalue weighted by Gasteiger charge is -2.24. The Morgan fingerprint density at radius 2 is 2.00 bits per heavy atom. The van der Waals surface area contributed by atoms with Crippen molar-refractivity contribution >= 4 is 5.91 Å². The minimum Gasteiger partial charge on any atom is -0.508 e. The molecule has 4 heteroatoms. The number of carbonyl (C=O) groups excluding carboxylic acids is 1. The van der Waals surface area contributed by atoms with Crippen LogP contribution >= 0.6 is 0 Å². The topological polar surface area (TPSA) is 53.7 Å². The Balaban J connectivity index is 2.11. The van der Waals surface area contributed by atoms with Gasteiger partial charge in [-0.2, -0.15) is 0 Å². The molecule has 124 valence electrons. The Labute approximate surface area is 137 Å². The number of hydrogen-bond acceptors (Lipinski definition) is 3. The highest BCUT2D eigenvalue weighted by Crippen LogP contribution is 2.21. The zero-order valence-corrected chi connectivity index (χ0v) is 13.9. The molecule has 0 bridgehead atoms. The second-order valence-corrected chi connectivity index (χ2v) is 6.06. The second-order valence-electron chi connectivity index (χ2n) is 6.06. The first kappa shape index (κ1) is 17.1. The maximum atomic E-state index is 12.7. The van der Waals surface area contributed by atoms with Crippen molar-refractivity contribution < 1.29 is 14.3 Å². The van der Waals surface area contributed by atoms with Crippen LogP contribution in [0, 0.1) is 5.92 Å². The molecule has 0 fully saturated rings. The number of furan rings is 1. The van der Waals surface area contributed by atoms with Gasteiger partial charge < -0.3 is 14.4 Å². The lowest BCUT2D eigenvalue weighted by atomic mass is 10.0. The largest absolute Gasteiger partial charge is 0.508 e. The summed E-state index contributed by atoms with van der Waals surface area (Å²) in [6, 6.07) is 10.8. The van der Waals surface area contributed by atoms with Crippen LogP contribution in [0.5, 0.6) is 5.75 Å². The van der Waals surface area contributed by atoms with E-state index in [-0.39, 0.29) is 11.7 Å². The van der Waals surface area contributed by atoms with E-state index in [1.807, 2.05) is 24.3 Å². The van der Waals surface area contributed by atoms with Gasteiger partial charge in [-0.1, -0.05) is 44.9 Å². The number of aromatic hydroxyl groups is 1. The molecule has 1 aromatic heterocycles. The molecule has 1 aromatic carbocycles. The molecule has 0 aliphatic rings. The van der Waals surface area contributed by atoms with Crippen molar-refractivity contribution in [3.05, 3.63) is 54.0 Å². The predicted octanol–water partition coefficient (Wildman–Crippen LogP) is 4.34. The molecule has 0 radical (unpaired) electrons. The molecular formula is C19H25NO3. The minimum atomic E-state index is 0.0885. The summed E-state index contributed by atoms with van der Waals surface area (Å²) in [6.07, 6.45) is 4.24. The van der Waals surface area contributed by atoms with Gasteiger partial charge in [0.1, 0.15) is 11.5 Å². The lowest BCUT2D eigenvalue weighted by Crippen LogP contribution is -2.31. The zero-order chi connectivity index (χ0) is 16.7. The fourth-order valence-corrected chi connectivity index (χ4v) is 2.70. The summed E-state index contributed by atoms with van der Waals surface area (Å²) < 4.78 is 5.38. The third kappa shape index (κ3) is 5.16. The first-order chi connectivity index (χ1) is 11.1. The molecule has 4 nitrogen and oxygen atoms in total. The maximum absolute atomic E-state index is 12.7. The van der Waals surface area contributed by atoms with Crippen LogP contribution in [0.3, 0.4) is 0 Å². The van der Waals surface area contributed by atoms with Crippen LogP contribution in [-0.2, 0) is 17.9 Å². The number of phenolic OH excluding ortho intramolecular Hbond substituents is 1. The molecule has 0 saturated heterocycles. The number of rotatable bonds is 8. The molecule has 1 heterocycles. The highest BCUT2D eigenvalue weighted by Gasteiger charge is 2.19. The van der Waals surface area contributed by atoms with Crippen molar-refractivity contribution in [2.24, 2.45) is 5.92 Å². The smallest absolute Gasteiger partial charge is 0.223 e. The fraction of sp³-hybridized carbons (Fsp3) is 0.421. The molecule has 0 saturated carbocycles. The minimum absolute atomic E-state index is 0.0885. The molecule has 2 aromatic rings. The van der Waals surface area contributed by atoms with Gasteiger partial charge in [-0.15, -0.1) is 0 Å². The Hall–Kier alpha value is -2.23. The molecular weight excluding hydrogens is 290 g/mol. The highest BCUT2D eigenvalue weighted by atomic mass is 16.3. The normalized spacial score (nSPS) is 12.1. The Morgan fingerprint density at radius 3 is 2.65 bits per heavy atom. The average molecular weight is 315 g/mol. The number of nitrogens with zero attached hydrogens (tertiary/aromatic N) is 1. The van der Waals surface area contributed by atoms with Crippen molar-refractivity contribution in [3.8, 4) is 5.75 Å². The first-order valence-electron chi connectivity index (χ1n) is 8.17. The summed E-state index contributed by atoms with van der Waals surface area (Å²) in [5.41, 5.74) is 0.746. The van der Waals surface area contributed by atoms with E-state index in [9.17, 15) is 9.90 Å². The van der Waals surface area contributed by atoms with Crippen molar-refractivity contribution in [2.45, 2.75) is 46.2 Å². The fourth-order valence-electron chi connectivity index (χ4n) is 2.70. The molecule has 0 spiro atoms. The third-order valence-electron chi connectivity index (χ3n) is 3.94. The molecule has 1 atom stereocenters. The van der Waals surface area contributed by atoms with Crippen LogP contribution in [0.2, 0.25) is 0 Å². The van der Waals surface area contributed by atoms with E-state index in [1.165, 1.54) is 0 Å². The average Bonchev–Trinajstić information content (AvgIpc) is 3.02. The zero-order valence-electron chi connectivity index (χ0n) is 13.9. The molecule has 1 unspecified atom stereocenters. The predicted molar refractivity (Wildman–Crippen MR) is 89.8 cm³/mol. The summed E-state index contributed by atoms with van der Waals surface area (Å²) in [4.78, 5) is 14.4. The number of benzene rings is 1. The van der Waals surface area contributed by atoms with Crippen LogP contribution in [0.4, 0.5) is 0 Å². The Morgan fingerprint density at radius 1 is 1.22 bits per heavy atom. The quantitative estimate of drug-likeness (QED) is 0.788. The Bertz CT molecular complexity index is 607. The number of phenols is 1. The molecule has 2 rings (SSSR count). The van der Waals surface area contributed by atoms with Crippen LogP contribution < -0.4 is 0 Å². The van der Waals surface area contributed by atoms with E-state index in [4.69, 9.17) is 4.42 Å². The molecule has 23 heavy (non-hydrogen) atoms. The number of carbonyl (C=O) groups is 1. The van der Waals surface area contributed by atoms with Gasteiger partial charge in [0.15, 0.2) is 0 Å². The van der Waals surface area contributed by atoms with Gasteiger partial charge in [0, 0.05) is 18.5 Å². The van der Waals surface area contributed by atoms with Gasteiger partial charge in [0.25, 0.3) is 0 Å². The Kier molecular flexibility index (Phi) is 6.27. The summed E-state index contributed by atoms with van der Waals surface area (Å²) in [5, 5.41) is 9.97. The number of hydrogen-bond donors (Lipinski definition) is 1. The van der Waals surface area contributed by atoms with E-state index in [0.29, 0.717) is 25.4 Å². The van der Waals surface area contributed by atoms with Gasteiger partial charge in [0.2, 0.25) is 5.91 Å². The van der Waals surface area contributed by atoms with E-state index >= 15 is 0 Å². The molecule has 0 aliphatic heterocycles. The maximum Gasteiger partial charge on any atom is 0.223 e. The van der Waals surface area contributed by atoms with Crippen molar-refractivity contribution in [2.75, 3.05) is 0 Å². The van der Waals surface area contributed by atoms with Gasteiger partial charge in [-0.05, 0) is 24.1 Å². The van der Waals surface area contributed by atoms with Gasteiger partial charge in [-0.25, -0.2) is 0 Å². The summed E-state index contributed by atoms with van der Waals surface area (Å²) in [7, 11) is 0. The monoisotopic (exact) mass is 315 g/mol. The lowest BCUT2D eigenvalue weighted by molar-refractivity contribution is -0.133. The summed E-state index contributed by atoms with van der Waals surface area (Å²) >= 11 is 0. The van der Waals surface area contributed by atoms with Crippen LogP contribution in [0.25, 0.3) is 0 Å². The third-order valence-corrected chi connectivity index (χ3v) is 3.94. The standard InChI is InChI=1S/C19H25NO3/c1-3-7-15(2)12-19(22)20(14-17-9-6-11-23-17)13-16-8-4-5-10-18(16)21/h4-6,8-11,15,21H,3,7,12-14H2,1-2H3. The van der Waals surface area contributed by atoms with Crippen LogP contribution in [-0.4, -0.2) is 15.9 Å². The van der Waals surface area contributed by atoms with E-state index in [1.54, 1.807) is 23.3 Å². The molecule has 1 amide bonds. The van der Waals surface area contributed by atoms with Crippen molar-refractivity contribution in [1.29, 1.82) is 0 Å². The SMILES string of the molecule is CCCC(C)CC(=O)N(Cc1ccco1)Cc1ccccc1O. The first-order valence-corrected chi connectivity index (χ1v) is 8.17. The van der Waals surface area contributed by atoms with E-state index in [2.05, 4.69) is 13.8 Å². The summed E-state index contributed by atoms with van der Waals surface area (Å²) in [5.74, 6) is 1.41. The molecule has 1 N–H and O–H groups in total. The molecule has 0 aliphatic carbocycles. The highest BCUT2D eigenvalue weighted by molar-refractivity contribution is 5.76. The second kappa shape index (κ2) is 8.42. The van der Waals surface area contributed by atoms with Gasteiger partial charge in [-0.3, -0.25) is 4.79 Å². The number of para-hydroxylation sites is 1. The van der Waals surface area contributed by atoms with E-state index in [0.717, 1.165) is 24.2 Å². The van der Waals surface area contributed by atoms with Crippen LogP contribution in [0.1, 0.15) is 44.4 Å². The van der Waals surface area contributed by atoms with Crippen LogP contribution in [0.15, 0.2) is 47.1 Å². The van der Waals surface area contributed by atoms with Gasteiger partial charge in [0.05, 0.1) is 12.8 Å². The van der Waals surface area contributed by atoms with Gasteiger partial charge >= 0.3 is 0 Å². The summed E-state index contributed by atoms with van der Waals surface area (Å²) in [6.45, 7) is 5.03. The van der Waals surface area contributed by atoms with Crippen molar-refractivity contribution in [1.82, 2.24) is 4.90 Å².